The Morgan fingerprint density at radius 2 is 2.14 bits per heavy atom. The lowest BCUT2D eigenvalue weighted by molar-refractivity contribution is -0.384. The van der Waals surface area contributed by atoms with E-state index in [9.17, 15) is 10.1 Å². The van der Waals surface area contributed by atoms with E-state index in [1.165, 1.54) is 25.3 Å². The van der Waals surface area contributed by atoms with Gasteiger partial charge >= 0.3 is 0 Å². The molecule has 0 spiro atoms. The number of rotatable bonds is 3. The van der Waals surface area contributed by atoms with Gasteiger partial charge in [-0.2, -0.15) is 0 Å². The van der Waals surface area contributed by atoms with Gasteiger partial charge < -0.3 is 10.2 Å². The number of hydrogen-bond acceptors (Lipinski definition) is 4. The zero-order valence-corrected chi connectivity index (χ0v) is 12.7. The molecule has 3 rings (SSSR count). The van der Waals surface area contributed by atoms with Crippen LogP contribution in [0.25, 0.3) is 0 Å². The van der Waals surface area contributed by atoms with Crippen LogP contribution in [0.5, 0.6) is 0 Å². The molecule has 1 aromatic carbocycles. The first-order chi connectivity index (χ1) is 10.2. The molecule has 2 unspecified atom stereocenters. The molecule has 2 fully saturated rings. The largest absolute Gasteiger partial charge is 0.366 e. The van der Waals surface area contributed by atoms with Crippen LogP contribution in [0.4, 0.5) is 11.4 Å². The number of halogens is 1. The van der Waals surface area contributed by atoms with E-state index < -0.39 is 4.92 Å². The molecule has 2 heterocycles. The maximum atomic E-state index is 10.8. The topological polar surface area (TPSA) is 58.4 Å². The first-order valence-corrected chi connectivity index (χ1v) is 7.98. The molecule has 0 saturated carbocycles. The summed E-state index contributed by atoms with van der Waals surface area (Å²) in [6, 6.07) is 5.77. The zero-order chi connectivity index (χ0) is 14.8. The van der Waals surface area contributed by atoms with Crippen LogP contribution >= 0.6 is 11.6 Å². The maximum Gasteiger partial charge on any atom is 0.271 e. The number of nitro groups is 1. The van der Waals surface area contributed by atoms with Crippen molar-refractivity contribution in [3.05, 3.63) is 33.3 Å². The number of non-ortho nitro benzene ring substituents is 1. The summed E-state index contributed by atoms with van der Waals surface area (Å²) >= 11 is 6.31. The predicted molar refractivity (Wildman–Crippen MR) is 84.1 cm³/mol. The molecule has 0 radical (unpaired) electrons. The number of anilines is 1. The first kappa shape index (κ1) is 14.6. The summed E-state index contributed by atoms with van der Waals surface area (Å²) in [4.78, 5) is 12.8. The molecule has 1 aromatic rings. The van der Waals surface area contributed by atoms with Gasteiger partial charge in [-0.15, -0.1) is 0 Å². The minimum atomic E-state index is -0.401. The zero-order valence-electron chi connectivity index (χ0n) is 11.9. The second-order valence-electron chi connectivity index (χ2n) is 5.85. The van der Waals surface area contributed by atoms with Crippen LogP contribution in [-0.4, -0.2) is 30.1 Å². The SMILES string of the molecule is O=[N+]([O-])c1ccc(N2CCCCC2C2CCCN2)c(Cl)c1. The average molecular weight is 310 g/mol. The quantitative estimate of drug-likeness (QED) is 0.687. The third-order valence-corrected chi connectivity index (χ3v) is 4.87. The third kappa shape index (κ3) is 2.99. The highest BCUT2D eigenvalue weighted by Gasteiger charge is 2.32. The van der Waals surface area contributed by atoms with Gasteiger partial charge in [0.15, 0.2) is 0 Å². The molecule has 2 saturated heterocycles. The van der Waals surface area contributed by atoms with Crippen molar-refractivity contribution in [2.75, 3.05) is 18.0 Å². The minimum Gasteiger partial charge on any atom is -0.366 e. The van der Waals surface area contributed by atoms with Gasteiger partial charge in [-0.25, -0.2) is 0 Å². The second kappa shape index (κ2) is 6.20. The van der Waals surface area contributed by atoms with Crippen molar-refractivity contribution in [1.29, 1.82) is 0 Å². The number of nitrogens with zero attached hydrogens (tertiary/aromatic N) is 2. The van der Waals surface area contributed by atoms with Gasteiger partial charge in [0, 0.05) is 30.8 Å². The van der Waals surface area contributed by atoms with E-state index >= 15 is 0 Å². The Kier molecular flexibility index (Phi) is 4.31. The van der Waals surface area contributed by atoms with Gasteiger partial charge in [0.1, 0.15) is 0 Å². The standard InChI is InChI=1S/C15H20ClN3O2/c16-12-10-11(19(20)21)6-7-14(12)18-9-2-1-5-15(18)13-4-3-8-17-13/h6-7,10,13,15,17H,1-5,8-9H2. The summed E-state index contributed by atoms with van der Waals surface area (Å²) in [5, 5.41) is 14.9. The monoisotopic (exact) mass is 309 g/mol. The summed E-state index contributed by atoms with van der Waals surface area (Å²) in [5.41, 5.74) is 0.983. The fourth-order valence-electron chi connectivity index (χ4n) is 3.56. The van der Waals surface area contributed by atoms with Crippen molar-refractivity contribution in [3.63, 3.8) is 0 Å². The lowest BCUT2D eigenvalue weighted by Gasteiger charge is -2.41. The van der Waals surface area contributed by atoms with E-state index in [-0.39, 0.29) is 5.69 Å². The van der Waals surface area contributed by atoms with E-state index in [0.29, 0.717) is 17.1 Å². The van der Waals surface area contributed by atoms with Crippen LogP contribution < -0.4 is 10.2 Å². The van der Waals surface area contributed by atoms with Crippen molar-refractivity contribution >= 4 is 23.0 Å². The van der Waals surface area contributed by atoms with Crippen LogP contribution in [0.3, 0.4) is 0 Å². The van der Waals surface area contributed by atoms with E-state index in [2.05, 4.69) is 10.2 Å². The van der Waals surface area contributed by atoms with E-state index in [4.69, 9.17) is 11.6 Å². The molecular formula is C15H20ClN3O2. The predicted octanol–water partition coefficient (Wildman–Crippen LogP) is 3.36. The summed E-state index contributed by atoms with van der Waals surface area (Å²) in [6.45, 7) is 2.06. The normalized spacial score (nSPS) is 26.0. The van der Waals surface area contributed by atoms with Gasteiger partial charge in [0.05, 0.1) is 15.6 Å². The Bertz CT molecular complexity index is 532. The van der Waals surface area contributed by atoms with Crippen molar-refractivity contribution in [2.24, 2.45) is 0 Å². The van der Waals surface area contributed by atoms with Crippen LogP contribution in [0.15, 0.2) is 18.2 Å². The summed E-state index contributed by atoms with van der Waals surface area (Å²) < 4.78 is 0. The minimum absolute atomic E-state index is 0.0521. The molecule has 0 bridgehead atoms. The van der Waals surface area contributed by atoms with E-state index in [1.54, 1.807) is 12.1 Å². The lowest BCUT2D eigenvalue weighted by Crippen LogP contribution is -2.50. The summed E-state index contributed by atoms with van der Waals surface area (Å²) in [7, 11) is 0. The highest BCUT2D eigenvalue weighted by atomic mass is 35.5. The second-order valence-corrected chi connectivity index (χ2v) is 6.26. The molecule has 5 nitrogen and oxygen atoms in total. The van der Waals surface area contributed by atoms with Gasteiger partial charge in [0.25, 0.3) is 5.69 Å². The number of benzene rings is 1. The number of hydrogen-bond donors (Lipinski definition) is 1. The number of nitro benzene ring substituents is 1. The van der Waals surface area contributed by atoms with Crippen LogP contribution in [0, 0.1) is 10.1 Å². The molecule has 0 aromatic heterocycles. The van der Waals surface area contributed by atoms with Crippen molar-refractivity contribution in [2.45, 2.75) is 44.2 Å². The number of nitrogens with one attached hydrogen (secondary N) is 1. The summed E-state index contributed by atoms with van der Waals surface area (Å²) in [5.74, 6) is 0. The van der Waals surface area contributed by atoms with Crippen LogP contribution in [0.1, 0.15) is 32.1 Å². The molecule has 2 atom stereocenters. The Hall–Kier alpha value is -1.33. The van der Waals surface area contributed by atoms with Gasteiger partial charge in [0.2, 0.25) is 0 Å². The van der Waals surface area contributed by atoms with Gasteiger partial charge in [-0.1, -0.05) is 11.6 Å². The van der Waals surface area contributed by atoms with Gasteiger partial charge in [-0.3, -0.25) is 10.1 Å². The first-order valence-electron chi connectivity index (χ1n) is 7.61. The molecule has 21 heavy (non-hydrogen) atoms. The Morgan fingerprint density at radius 3 is 2.81 bits per heavy atom. The van der Waals surface area contributed by atoms with Crippen LogP contribution in [0.2, 0.25) is 5.02 Å². The van der Waals surface area contributed by atoms with E-state index in [1.807, 2.05) is 0 Å². The Labute approximate surface area is 129 Å². The fourth-order valence-corrected chi connectivity index (χ4v) is 3.84. The van der Waals surface area contributed by atoms with Crippen molar-refractivity contribution < 1.29 is 4.92 Å². The Morgan fingerprint density at radius 1 is 1.29 bits per heavy atom. The van der Waals surface area contributed by atoms with Crippen molar-refractivity contribution in [1.82, 2.24) is 5.32 Å². The molecule has 2 aliphatic heterocycles. The fraction of sp³-hybridized carbons (Fsp3) is 0.600. The number of piperidine rings is 1. The molecule has 2 aliphatic rings. The lowest BCUT2D eigenvalue weighted by atomic mass is 9.94. The highest BCUT2D eigenvalue weighted by molar-refractivity contribution is 6.33. The van der Waals surface area contributed by atoms with Gasteiger partial charge in [-0.05, 0) is 44.7 Å². The van der Waals surface area contributed by atoms with Crippen molar-refractivity contribution in [3.8, 4) is 0 Å². The molecule has 0 amide bonds. The average Bonchev–Trinajstić information content (AvgIpc) is 3.01. The smallest absolute Gasteiger partial charge is 0.271 e. The third-order valence-electron chi connectivity index (χ3n) is 4.56. The molecule has 0 aliphatic carbocycles. The Balaban J connectivity index is 1.87. The molecule has 114 valence electrons. The molecule has 6 heteroatoms. The molecule has 1 N–H and O–H groups in total. The van der Waals surface area contributed by atoms with E-state index in [0.717, 1.165) is 31.6 Å². The summed E-state index contributed by atoms with van der Waals surface area (Å²) in [6.07, 6.45) is 5.97. The highest BCUT2D eigenvalue weighted by Crippen LogP contribution is 2.35. The van der Waals surface area contributed by atoms with Crippen LogP contribution in [-0.2, 0) is 0 Å². The maximum absolute atomic E-state index is 10.8. The molecular weight excluding hydrogens is 290 g/mol.